The SMILES string of the molecule is CCCn1c(Sc2ccc(Cl)cc2C(=O)O)n[nH]c1=O. The zero-order valence-corrected chi connectivity index (χ0v) is 12.2. The van der Waals surface area contributed by atoms with Gasteiger partial charge in [-0.05, 0) is 36.4 Å². The summed E-state index contributed by atoms with van der Waals surface area (Å²) in [4.78, 5) is 23.3. The van der Waals surface area contributed by atoms with Crippen molar-refractivity contribution in [2.24, 2.45) is 0 Å². The molecule has 0 unspecified atom stereocenters. The highest BCUT2D eigenvalue weighted by Gasteiger charge is 2.15. The fourth-order valence-electron chi connectivity index (χ4n) is 1.66. The van der Waals surface area contributed by atoms with Crippen molar-refractivity contribution in [3.05, 3.63) is 39.3 Å². The summed E-state index contributed by atoms with van der Waals surface area (Å²) in [7, 11) is 0. The van der Waals surface area contributed by atoms with Crippen molar-refractivity contribution in [2.45, 2.75) is 29.9 Å². The second kappa shape index (κ2) is 6.15. The highest BCUT2D eigenvalue weighted by molar-refractivity contribution is 7.99. The van der Waals surface area contributed by atoms with Gasteiger partial charge in [-0.25, -0.2) is 14.7 Å². The first-order valence-corrected chi connectivity index (χ1v) is 7.08. The highest BCUT2D eigenvalue weighted by Crippen LogP contribution is 2.30. The predicted molar refractivity (Wildman–Crippen MR) is 75.7 cm³/mol. The smallest absolute Gasteiger partial charge is 0.343 e. The Balaban J connectivity index is 2.40. The van der Waals surface area contributed by atoms with E-state index in [2.05, 4.69) is 10.2 Å². The number of H-pyrrole nitrogens is 1. The first-order valence-electron chi connectivity index (χ1n) is 5.88. The molecule has 0 spiro atoms. The molecule has 0 atom stereocenters. The van der Waals surface area contributed by atoms with Crippen LogP contribution in [-0.2, 0) is 6.54 Å². The molecule has 0 radical (unpaired) electrons. The van der Waals surface area contributed by atoms with E-state index in [1.807, 2.05) is 6.92 Å². The van der Waals surface area contributed by atoms with Gasteiger partial charge in [0.05, 0.1) is 5.56 Å². The summed E-state index contributed by atoms with van der Waals surface area (Å²) in [6, 6.07) is 4.58. The molecule has 2 N–H and O–H groups in total. The molecule has 0 fully saturated rings. The molecule has 1 aromatic carbocycles. The topological polar surface area (TPSA) is 88.0 Å². The van der Waals surface area contributed by atoms with Gasteiger partial charge in [-0.3, -0.25) is 4.57 Å². The number of hydrogen-bond donors (Lipinski definition) is 2. The number of aromatic nitrogens is 3. The van der Waals surface area contributed by atoms with E-state index < -0.39 is 5.97 Å². The number of nitrogens with zero attached hydrogens (tertiary/aromatic N) is 2. The van der Waals surface area contributed by atoms with Crippen LogP contribution in [0.4, 0.5) is 0 Å². The Morgan fingerprint density at radius 2 is 2.30 bits per heavy atom. The Hall–Kier alpha value is -1.73. The third kappa shape index (κ3) is 3.05. The monoisotopic (exact) mass is 313 g/mol. The summed E-state index contributed by atoms with van der Waals surface area (Å²) >= 11 is 6.92. The van der Waals surface area contributed by atoms with Crippen molar-refractivity contribution in [1.29, 1.82) is 0 Å². The van der Waals surface area contributed by atoms with Gasteiger partial charge < -0.3 is 5.11 Å². The molecule has 0 aliphatic heterocycles. The molecule has 0 bridgehead atoms. The number of halogens is 1. The molecule has 106 valence electrons. The normalized spacial score (nSPS) is 10.7. The van der Waals surface area contributed by atoms with Gasteiger partial charge in [-0.1, -0.05) is 18.5 Å². The van der Waals surface area contributed by atoms with Crippen LogP contribution in [0.3, 0.4) is 0 Å². The van der Waals surface area contributed by atoms with E-state index in [0.717, 1.165) is 18.2 Å². The largest absolute Gasteiger partial charge is 0.478 e. The molecular weight excluding hydrogens is 302 g/mol. The third-order valence-electron chi connectivity index (χ3n) is 2.54. The average Bonchev–Trinajstić information content (AvgIpc) is 2.74. The lowest BCUT2D eigenvalue weighted by Crippen LogP contribution is -2.17. The number of hydrogen-bond acceptors (Lipinski definition) is 4. The molecule has 2 rings (SSSR count). The van der Waals surface area contributed by atoms with Crippen molar-refractivity contribution in [2.75, 3.05) is 0 Å². The Morgan fingerprint density at radius 1 is 1.55 bits per heavy atom. The first-order chi connectivity index (χ1) is 9.52. The molecule has 0 amide bonds. The van der Waals surface area contributed by atoms with E-state index in [0.29, 0.717) is 21.6 Å². The number of nitrogens with one attached hydrogen (secondary N) is 1. The van der Waals surface area contributed by atoms with Crippen LogP contribution in [0, 0.1) is 0 Å². The number of benzene rings is 1. The van der Waals surface area contributed by atoms with Gasteiger partial charge in [0.2, 0.25) is 0 Å². The van der Waals surface area contributed by atoms with E-state index in [4.69, 9.17) is 11.6 Å². The molecule has 6 nitrogen and oxygen atoms in total. The van der Waals surface area contributed by atoms with Gasteiger partial charge in [0, 0.05) is 16.5 Å². The van der Waals surface area contributed by atoms with Gasteiger partial charge in [-0.15, -0.1) is 5.10 Å². The van der Waals surface area contributed by atoms with Crippen LogP contribution in [0.15, 0.2) is 33.0 Å². The van der Waals surface area contributed by atoms with Gasteiger partial charge in [0.15, 0.2) is 5.16 Å². The van der Waals surface area contributed by atoms with Crippen LogP contribution in [0.2, 0.25) is 5.02 Å². The number of carboxylic acids is 1. The van der Waals surface area contributed by atoms with E-state index in [1.165, 1.54) is 10.6 Å². The molecule has 0 aliphatic rings. The quantitative estimate of drug-likeness (QED) is 0.885. The second-order valence-corrected chi connectivity index (χ2v) is 5.46. The second-order valence-electron chi connectivity index (χ2n) is 4.01. The maximum atomic E-state index is 11.6. The lowest BCUT2D eigenvalue weighted by Gasteiger charge is -2.06. The number of carbonyl (C=O) groups is 1. The molecule has 1 aromatic heterocycles. The van der Waals surface area contributed by atoms with E-state index in [9.17, 15) is 14.7 Å². The average molecular weight is 314 g/mol. The standard InChI is InChI=1S/C12H12ClN3O3S/c1-2-5-16-11(19)14-15-12(16)20-9-4-3-7(13)6-8(9)10(17)18/h3-4,6H,2,5H2,1H3,(H,14,19)(H,17,18). The van der Waals surface area contributed by atoms with Crippen molar-refractivity contribution >= 4 is 29.3 Å². The van der Waals surface area contributed by atoms with Crippen molar-refractivity contribution in [1.82, 2.24) is 14.8 Å². The van der Waals surface area contributed by atoms with Gasteiger partial charge in [0.1, 0.15) is 0 Å². The lowest BCUT2D eigenvalue weighted by molar-refractivity contribution is 0.0693. The third-order valence-corrected chi connectivity index (χ3v) is 3.85. The number of rotatable bonds is 5. The van der Waals surface area contributed by atoms with Crippen molar-refractivity contribution in [3.8, 4) is 0 Å². The fourth-order valence-corrected chi connectivity index (χ4v) is 2.80. The summed E-state index contributed by atoms with van der Waals surface area (Å²) < 4.78 is 1.48. The maximum absolute atomic E-state index is 11.6. The summed E-state index contributed by atoms with van der Waals surface area (Å²) in [6.07, 6.45) is 0.777. The minimum absolute atomic E-state index is 0.0843. The van der Waals surface area contributed by atoms with Crippen molar-refractivity contribution in [3.63, 3.8) is 0 Å². The molecule has 0 aliphatic carbocycles. The van der Waals surface area contributed by atoms with Crippen LogP contribution in [0.1, 0.15) is 23.7 Å². The lowest BCUT2D eigenvalue weighted by atomic mass is 10.2. The first kappa shape index (κ1) is 14.7. The van der Waals surface area contributed by atoms with Gasteiger partial charge >= 0.3 is 11.7 Å². The van der Waals surface area contributed by atoms with E-state index in [-0.39, 0.29) is 11.3 Å². The molecule has 0 saturated carbocycles. The zero-order chi connectivity index (χ0) is 14.7. The Kier molecular flexibility index (Phi) is 4.51. The van der Waals surface area contributed by atoms with E-state index >= 15 is 0 Å². The molecule has 8 heteroatoms. The summed E-state index contributed by atoms with van der Waals surface area (Å²) in [5, 5.41) is 16.2. The van der Waals surface area contributed by atoms with Gasteiger partial charge in [-0.2, -0.15) is 0 Å². The molecule has 2 aromatic rings. The Bertz CT molecular complexity index is 695. The molecule has 20 heavy (non-hydrogen) atoms. The zero-order valence-electron chi connectivity index (χ0n) is 10.6. The number of carboxylic acid groups (broad SMARTS) is 1. The maximum Gasteiger partial charge on any atom is 0.343 e. The number of aromatic carboxylic acids is 1. The van der Waals surface area contributed by atoms with Crippen LogP contribution >= 0.6 is 23.4 Å². The molecule has 1 heterocycles. The minimum atomic E-state index is -1.07. The fraction of sp³-hybridized carbons (Fsp3) is 0.250. The summed E-state index contributed by atoms with van der Waals surface area (Å²) in [6.45, 7) is 2.46. The van der Waals surface area contributed by atoms with Crippen molar-refractivity contribution < 1.29 is 9.90 Å². The van der Waals surface area contributed by atoms with Gasteiger partial charge in [0.25, 0.3) is 0 Å². The summed E-state index contributed by atoms with van der Waals surface area (Å²) in [5.41, 5.74) is -0.221. The van der Waals surface area contributed by atoms with Crippen LogP contribution in [-0.4, -0.2) is 25.8 Å². The van der Waals surface area contributed by atoms with Crippen LogP contribution in [0.25, 0.3) is 0 Å². The summed E-state index contributed by atoms with van der Waals surface area (Å²) in [5.74, 6) is -1.07. The van der Waals surface area contributed by atoms with E-state index in [1.54, 1.807) is 12.1 Å². The minimum Gasteiger partial charge on any atom is -0.478 e. The molecule has 0 saturated heterocycles. The van der Waals surface area contributed by atoms with Crippen LogP contribution < -0.4 is 5.69 Å². The molecular formula is C12H12ClN3O3S. The predicted octanol–water partition coefficient (Wildman–Crippen LogP) is 2.48. The van der Waals surface area contributed by atoms with Crippen LogP contribution in [0.5, 0.6) is 0 Å². The highest BCUT2D eigenvalue weighted by atomic mass is 35.5. The Labute approximate surface area is 123 Å². The Morgan fingerprint density at radius 3 is 2.95 bits per heavy atom. The number of aromatic amines is 1.